The van der Waals surface area contributed by atoms with E-state index < -0.39 is 12.1 Å². The molecule has 3 N–H and O–H groups in total. The molecule has 0 aliphatic rings. The molecule has 2 atom stereocenters. The van der Waals surface area contributed by atoms with Crippen LogP contribution in [0.3, 0.4) is 0 Å². The zero-order valence-corrected chi connectivity index (χ0v) is 31.8. The van der Waals surface area contributed by atoms with Gasteiger partial charge in [0.15, 0.2) is 0 Å². The van der Waals surface area contributed by atoms with E-state index in [-0.39, 0.29) is 12.5 Å². The van der Waals surface area contributed by atoms with Gasteiger partial charge < -0.3 is 15.5 Å². The van der Waals surface area contributed by atoms with E-state index in [1.807, 2.05) is 6.08 Å². The first-order valence-corrected chi connectivity index (χ1v) is 21.1. The first kappa shape index (κ1) is 45.9. The highest BCUT2D eigenvalue weighted by Crippen LogP contribution is 2.15. The topological polar surface area (TPSA) is 69.6 Å². The lowest BCUT2D eigenvalue weighted by Gasteiger charge is -2.19. The van der Waals surface area contributed by atoms with Crippen LogP contribution in [-0.4, -0.2) is 34.9 Å². The number of rotatable bonds is 38. The molecule has 278 valence electrons. The number of unbranched alkanes of at least 4 members (excludes halogenated alkanes) is 29. The molecule has 0 aliphatic carbocycles. The molecule has 4 heteroatoms. The lowest BCUT2D eigenvalue weighted by Crippen LogP contribution is -2.45. The molecule has 0 aliphatic heterocycles. The molecule has 0 saturated heterocycles. The molecule has 0 spiro atoms. The number of aliphatic hydroxyl groups excluding tert-OH is 2. The number of aliphatic hydroxyl groups is 2. The van der Waals surface area contributed by atoms with Gasteiger partial charge in [-0.1, -0.05) is 212 Å². The summed E-state index contributed by atoms with van der Waals surface area (Å²) in [5.74, 6) is -0.0711. The molecule has 0 fully saturated rings. The molecule has 1 amide bonds. The minimum atomic E-state index is -0.857. The van der Waals surface area contributed by atoms with E-state index in [0.717, 1.165) is 32.1 Å². The Kier molecular flexibility index (Phi) is 38.4. The van der Waals surface area contributed by atoms with Gasteiger partial charge in [0.05, 0.1) is 18.8 Å². The average Bonchev–Trinajstić information content (AvgIpc) is 3.07. The molecule has 0 unspecified atom stereocenters. The predicted octanol–water partition coefficient (Wildman–Crippen LogP) is 12.8. The van der Waals surface area contributed by atoms with Crippen molar-refractivity contribution < 1.29 is 15.0 Å². The molecule has 4 nitrogen and oxygen atoms in total. The number of hydrogen-bond donors (Lipinski definition) is 3. The Labute approximate surface area is 294 Å². The van der Waals surface area contributed by atoms with Gasteiger partial charge in [-0.05, 0) is 32.1 Å². The Balaban J connectivity index is 3.56. The number of nitrogens with one attached hydrogen (secondary N) is 1. The number of amides is 1. The minimum Gasteiger partial charge on any atom is -0.394 e. The van der Waals surface area contributed by atoms with Crippen molar-refractivity contribution >= 4 is 5.91 Å². The van der Waals surface area contributed by atoms with Crippen LogP contribution in [0.2, 0.25) is 0 Å². The second-order valence-corrected chi connectivity index (χ2v) is 14.4. The Morgan fingerprint density at radius 2 is 0.830 bits per heavy atom. The molecule has 0 radical (unpaired) electrons. The summed E-state index contributed by atoms with van der Waals surface area (Å²) < 4.78 is 0. The van der Waals surface area contributed by atoms with Crippen molar-refractivity contribution in [2.45, 2.75) is 238 Å². The fourth-order valence-corrected chi connectivity index (χ4v) is 6.43. The maximum atomic E-state index is 12.4. The first-order valence-electron chi connectivity index (χ1n) is 21.1. The summed E-state index contributed by atoms with van der Waals surface area (Å²) >= 11 is 0. The molecule has 0 aromatic rings. The fraction of sp³-hybridized carbons (Fsp3) is 0.884. The quantitative estimate of drug-likeness (QED) is 0.0455. The minimum absolute atomic E-state index is 0.0711. The van der Waals surface area contributed by atoms with Gasteiger partial charge in [0, 0.05) is 6.42 Å². The summed E-state index contributed by atoms with van der Waals surface area (Å²) in [6.07, 6.45) is 50.0. The van der Waals surface area contributed by atoms with E-state index in [1.165, 1.54) is 173 Å². The van der Waals surface area contributed by atoms with Crippen molar-refractivity contribution in [1.82, 2.24) is 5.32 Å². The van der Waals surface area contributed by atoms with Gasteiger partial charge in [0.25, 0.3) is 0 Å². The highest BCUT2D eigenvalue weighted by molar-refractivity contribution is 5.76. The highest BCUT2D eigenvalue weighted by Gasteiger charge is 2.17. The van der Waals surface area contributed by atoms with Crippen LogP contribution in [-0.2, 0) is 4.79 Å². The van der Waals surface area contributed by atoms with Crippen LogP contribution in [0.5, 0.6) is 0 Å². The van der Waals surface area contributed by atoms with Crippen molar-refractivity contribution in [3.8, 4) is 0 Å². The molecular formula is C43H83NO3. The third-order valence-corrected chi connectivity index (χ3v) is 9.69. The Hall–Kier alpha value is -1.13. The SMILES string of the molecule is CCCCCCCCCC/C=C/CC/C=C/[C@@H](O)[C@H](CO)NC(=O)CCCCCCCCCCCCCCCCCCCCCCC. The van der Waals surface area contributed by atoms with Gasteiger partial charge in [-0.15, -0.1) is 0 Å². The molecule has 0 saturated carbocycles. The maximum absolute atomic E-state index is 12.4. The van der Waals surface area contributed by atoms with Crippen LogP contribution < -0.4 is 5.32 Å². The molecule has 47 heavy (non-hydrogen) atoms. The van der Waals surface area contributed by atoms with E-state index in [1.54, 1.807) is 6.08 Å². The second kappa shape index (κ2) is 39.3. The van der Waals surface area contributed by atoms with E-state index in [9.17, 15) is 15.0 Å². The van der Waals surface area contributed by atoms with Gasteiger partial charge in [-0.25, -0.2) is 0 Å². The molecule has 0 rings (SSSR count). The van der Waals surface area contributed by atoms with E-state index in [4.69, 9.17) is 0 Å². The smallest absolute Gasteiger partial charge is 0.220 e. The van der Waals surface area contributed by atoms with Crippen molar-refractivity contribution in [2.24, 2.45) is 0 Å². The Bertz CT molecular complexity index is 676. The first-order chi connectivity index (χ1) is 23.2. The normalized spacial score (nSPS) is 13.2. The number of carbonyl (C=O) groups is 1. The largest absolute Gasteiger partial charge is 0.394 e. The average molecular weight is 662 g/mol. The lowest BCUT2D eigenvalue weighted by atomic mass is 10.0. The molecule has 0 aromatic heterocycles. The van der Waals surface area contributed by atoms with Crippen LogP contribution in [0.15, 0.2) is 24.3 Å². The fourth-order valence-electron chi connectivity index (χ4n) is 6.43. The van der Waals surface area contributed by atoms with Crippen molar-refractivity contribution in [1.29, 1.82) is 0 Å². The Morgan fingerprint density at radius 1 is 0.489 bits per heavy atom. The highest BCUT2D eigenvalue weighted by atomic mass is 16.3. The molecule has 0 bridgehead atoms. The van der Waals surface area contributed by atoms with Gasteiger partial charge in [-0.3, -0.25) is 4.79 Å². The Morgan fingerprint density at radius 3 is 1.23 bits per heavy atom. The molecule has 0 aromatic carbocycles. The summed E-state index contributed by atoms with van der Waals surface area (Å²) in [4.78, 5) is 12.4. The standard InChI is InChI=1S/C43H83NO3/c1-3-5-7-9-11-13-15-17-19-20-21-22-23-24-25-27-29-31-33-35-37-39-43(47)44-41(40-45)42(46)38-36-34-32-30-28-26-18-16-14-12-10-8-6-4-2/h28,30,36,38,41-42,45-46H,3-27,29,31-35,37,39-40H2,1-2H3,(H,44,47)/b30-28+,38-36+/t41-,42+/m0/s1. The van der Waals surface area contributed by atoms with Crippen molar-refractivity contribution in [3.63, 3.8) is 0 Å². The maximum Gasteiger partial charge on any atom is 0.220 e. The van der Waals surface area contributed by atoms with Crippen LogP contribution in [0, 0.1) is 0 Å². The zero-order valence-electron chi connectivity index (χ0n) is 31.8. The summed E-state index contributed by atoms with van der Waals surface area (Å²) in [5, 5.41) is 22.9. The van der Waals surface area contributed by atoms with Gasteiger partial charge in [0.1, 0.15) is 0 Å². The van der Waals surface area contributed by atoms with Crippen molar-refractivity contribution in [3.05, 3.63) is 24.3 Å². The lowest BCUT2D eigenvalue weighted by molar-refractivity contribution is -0.123. The third kappa shape index (κ3) is 36.0. The monoisotopic (exact) mass is 662 g/mol. The van der Waals surface area contributed by atoms with E-state index in [2.05, 4.69) is 31.3 Å². The number of carbonyl (C=O) groups excluding carboxylic acids is 1. The summed E-state index contributed by atoms with van der Waals surface area (Å²) in [6, 6.07) is -0.633. The van der Waals surface area contributed by atoms with Crippen LogP contribution in [0.4, 0.5) is 0 Å². The molecule has 0 heterocycles. The summed E-state index contributed by atoms with van der Waals surface area (Å²) in [6.45, 7) is 4.30. The predicted molar refractivity (Wildman–Crippen MR) is 207 cm³/mol. The van der Waals surface area contributed by atoms with E-state index >= 15 is 0 Å². The third-order valence-electron chi connectivity index (χ3n) is 9.69. The molecular weight excluding hydrogens is 578 g/mol. The number of allylic oxidation sites excluding steroid dienone is 3. The second-order valence-electron chi connectivity index (χ2n) is 14.4. The van der Waals surface area contributed by atoms with Crippen molar-refractivity contribution in [2.75, 3.05) is 6.61 Å². The van der Waals surface area contributed by atoms with Gasteiger partial charge in [-0.2, -0.15) is 0 Å². The van der Waals surface area contributed by atoms with Crippen LogP contribution in [0.1, 0.15) is 226 Å². The van der Waals surface area contributed by atoms with Gasteiger partial charge in [0.2, 0.25) is 5.91 Å². The summed E-state index contributed by atoms with van der Waals surface area (Å²) in [5.41, 5.74) is 0. The zero-order chi connectivity index (χ0) is 34.3. The van der Waals surface area contributed by atoms with Crippen LogP contribution in [0.25, 0.3) is 0 Å². The number of hydrogen-bond acceptors (Lipinski definition) is 3. The summed E-state index contributed by atoms with van der Waals surface area (Å²) in [7, 11) is 0. The van der Waals surface area contributed by atoms with Crippen LogP contribution >= 0.6 is 0 Å². The van der Waals surface area contributed by atoms with Gasteiger partial charge >= 0.3 is 0 Å². The van der Waals surface area contributed by atoms with E-state index in [0.29, 0.717) is 6.42 Å².